The molecule has 0 heterocycles. The van der Waals surface area contributed by atoms with Gasteiger partial charge in [0.05, 0.1) is 5.88 Å². The first-order valence-corrected chi connectivity index (χ1v) is 7.54. The van der Waals surface area contributed by atoms with Crippen molar-refractivity contribution in [2.45, 2.75) is 46.0 Å². The molecule has 0 aliphatic carbocycles. The number of para-hydroxylation sites is 1. The highest BCUT2D eigenvalue weighted by Gasteiger charge is 2.02. The fourth-order valence-corrected chi connectivity index (χ4v) is 2.12. The van der Waals surface area contributed by atoms with Crippen LogP contribution in [-0.4, -0.2) is 12.5 Å². The van der Waals surface area contributed by atoms with Crippen molar-refractivity contribution in [1.82, 2.24) is 0 Å². The number of hydrogen-bond donors (Lipinski definition) is 0. The fourth-order valence-electron chi connectivity index (χ4n) is 2.04. The van der Waals surface area contributed by atoms with E-state index in [0.717, 1.165) is 18.1 Å². The second kappa shape index (κ2) is 9.27. The number of hydrogen-bond acceptors (Lipinski definition) is 1. The topological polar surface area (TPSA) is 9.23 Å². The predicted octanol–water partition coefficient (Wildman–Crippen LogP) is 5.06. The van der Waals surface area contributed by atoms with E-state index < -0.39 is 0 Å². The van der Waals surface area contributed by atoms with Gasteiger partial charge in [0.2, 0.25) is 0 Å². The van der Waals surface area contributed by atoms with Crippen molar-refractivity contribution in [1.29, 1.82) is 0 Å². The highest BCUT2D eigenvalue weighted by Crippen LogP contribution is 2.21. The summed E-state index contributed by atoms with van der Waals surface area (Å²) in [5.41, 5.74) is 1.31. The number of aryl methyl sites for hydroxylation is 1. The Kier molecular flexibility index (Phi) is 7.91. The summed E-state index contributed by atoms with van der Waals surface area (Å²) in [6.07, 6.45) is 6.33. The fraction of sp³-hybridized carbons (Fsp3) is 0.625. The summed E-state index contributed by atoms with van der Waals surface area (Å²) in [4.78, 5) is 0. The molecule has 0 saturated heterocycles. The number of alkyl halides is 1. The number of unbranched alkanes of at least 4 members (excludes halogenated alkanes) is 2. The van der Waals surface area contributed by atoms with Crippen LogP contribution >= 0.6 is 11.6 Å². The highest BCUT2D eigenvalue weighted by molar-refractivity contribution is 6.18. The standard InChI is InChI=1S/C16H25ClO/c1-14(2)8-4-3-5-9-15-10-6-7-11-16(15)18-13-12-17/h6-7,10-11,14H,3-5,8-9,12-13H2,1-2H3. The maximum absolute atomic E-state index is 5.65. The zero-order chi connectivity index (χ0) is 13.2. The lowest BCUT2D eigenvalue weighted by Gasteiger charge is -2.10. The molecule has 0 spiro atoms. The summed E-state index contributed by atoms with van der Waals surface area (Å²) in [6, 6.07) is 8.30. The van der Waals surface area contributed by atoms with Gasteiger partial charge in [-0.25, -0.2) is 0 Å². The van der Waals surface area contributed by atoms with Gasteiger partial charge in [-0.05, 0) is 30.4 Å². The molecule has 0 fully saturated rings. The van der Waals surface area contributed by atoms with Gasteiger partial charge in [-0.15, -0.1) is 11.6 Å². The van der Waals surface area contributed by atoms with Gasteiger partial charge in [-0.2, -0.15) is 0 Å². The Labute approximate surface area is 116 Å². The molecule has 0 aliphatic rings. The minimum atomic E-state index is 0.544. The molecule has 1 nitrogen and oxygen atoms in total. The monoisotopic (exact) mass is 268 g/mol. The lowest BCUT2D eigenvalue weighted by molar-refractivity contribution is 0.338. The van der Waals surface area contributed by atoms with E-state index in [1.54, 1.807) is 0 Å². The Hall–Kier alpha value is -0.690. The number of ether oxygens (including phenoxy) is 1. The molecular weight excluding hydrogens is 244 g/mol. The molecule has 102 valence electrons. The van der Waals surface area contributed by atoms with Gasteiger partial charge < -0.3 is 4.74 Å². The van der Waals surface area contributed by atoms with Gasteiger partial charge in [0.1, 0.15) is 12.4 Å². The first-order chi connectivity index (χ1) is 8.74. The van der Waals surface area contributed by atoms with E-state index in [2.05, 4.69) is 26.0 Å². The van der Waals surface area contributed by atoms with E-state index in [4.69, 9.17) is 16.3 Å². The van der Waals surface area contributed by atoms with E-state index in [9.17, 15) is 0 Å². The predicted molar refractivity (Wildman–Crippen MR) is 79.7 cm³/mol. The Morgan fingerprint density at radius 3 is 2.61 bits per heavy atom. The van der Waals surface area contributed by atoms with Gasteiger partial charge in [-0.3, -0.25) is 0 Å². The van der Waals surface area contributed by atoms with Crippen LogP contribution < -0.4 is 4.74 Å². The molecular formula is C16H25ClO. The summed E-state index contributed by atoms with van der Waals surface area (Å²) < 4.78 is 5.65. The first-order valence-electron chi connectivity index (χ1n) is 7.00. The largest absolute Gasteiger partial charge is 0.492 e. The van der Waals surface area contributed by atoms with E-state index in [0.29, 0.717) is 12.5 Å². The minimum Gasteiger partial charge on any atom is -0.492 e. The summed E-state index contributed by atoms with van der Waals surface area (Å²) in [5.74, 6) is 2.37. The lowest BCUT2D eigenvalue weighted by atomic mass is 10.0. The van der Waals surface area contributed by atoms with Crippen LogP contribution in [0.1, 0.15) is 45.1 Å². The van der Waals surface area contributed by atoms with Gasteiger partial charge in [-0.1, -0.05) is 51.3 Å². The first kappa shape index (κ1) is 15.4. The lowest BCUT2D eigenvalue weighted by Crippen LogP contribution is -2.01. The van der Waals surface area contributed by atoms with Crippen LogP contribution in [0.15, 0.2) is 24.3 Å². The van der Waals surface area contributed by atoms with E-state index in [1.807, 2.05) is 12.1 Å². The summed E-state index contributed by atoms with van der Waals surface area (Å²) in [5, 5.41) is 0. The molecule has 0 aliphatic heterocycles. The number of rotatable bonds is 9. The molecule has 1 rings (SSSR count). The highest BCUT2D eigenvalue weighted by atomic mass is 35.5. The molecule has 0 aromatic heterocycles. The molecule has 0 unspecified atom stereocenters. The van der Waals surface area contributed by atoms with Gasteiger partial charge >= 0.3 is 0 Å². The van der Waals surface area contributed by atoms with Gasteiger partial charge in [0, 0.05) is 0 Å². The van der Waals surface area contributed by atoms with Crippen LogP contribution in [0.5, 0.6) is 5.75 Å². The van der Waals surface area contributed by atoms with Crippen molar-refractivity contribution in [2.24, 2.45) is 5.92 Å². The maximum atomic E-state index is 5.65. The van der Waals surface area contributed by atoms with Crippen LogP contribution in [0.25, 0.3) is 0 Å². The van der Waals surface area contributed by atoms with Crippen molar-refractivity contribution in [3.8, 4) is 5.75 Å². The summed E-state index contributed by atoms with van der Waals surface area (Å²) in [7, 11) is 0. The second-order valence-corrected chi connectivity index (χ2v) is 5.52. The molecule has 0 amide bonds. The van der Waals surface area contributed by atoms with Gasteiger partial charge in [0.15, 0.2) is 0 Å². The molecule has 0 N–H and O–H groups in total. The Morgan fingerprint density at radius 1 is 1.11 bits per heavy atom. The third-order valence-electron chi connectivity index (χ3n) is 3.03. The number of halogens is 1. The molecule has 0 radical (unpaired) electrons. The maximum Gasteiger partial charge on any atom is 0.122 e. The zero-order valence-corrected chi connectivity index (χ0v) is 12.4. The zero-order valence-electron chi connectivity index (χ0n) is 11.6. The van der Waals surface area contributed by atoms with Crippen LogP contribution in [0.3, 0.4) is 0 Å². The molecule has 0 bridgehead atoms. The van der Waals surface area contributed by atoms with Crippen LogP contribution in [-0.2, 0) is 6.42 Å². The third-order valence-corrected chi connectivity index (χ3v) is 3.19. The Balaban J connectivity index is 2.32. The summed E-state index contributed by atoms with van der Waals surface area (Å²) in [6.45, 7) is 5.16. The SMILES string of the molecule is CC(C)CCCCCc1ccccc1OCCCl. The Morgan fingerprint density at radius 2 is 1.89 bits per heavy atom. The van der Waals surface area contributed by atoms with E-state index >= 15 is 0 Å². The molecule has 18 heavy (non-hydrogen) atoms. The van der Waals surface area contributed by atoms with Crippen LogP contribution in [0.4, 0.5) is 0 Å². The average molecular weight is 269 g/mol. The van der Waals surface area contributed by atoms with Crippen LogP contribution in [0.2, 0.25) is 0 Å². The quantitative estimate of drug-likeness (QED) is 0.449. The molecule has 1 aromatic rings. The molecule has 1 aromatic carbocycles. The minimum absolute atomic E-state index is 0.544. The van der Waals surface area contributed by atoms with Crippen molar-refractivity contribution in [3.05, 3.63) is 29.8 Å². The van der Waals surface area contributed by atoms with Crippen LogP contribution in [0, 0.1) is 5.92 Å². The van der Waals surface area contributed by atoms with E-state index in [-0.39, 0.29) is 0 Å². The summed E-state index contributed by atoms with van der Waals surface area (Å²) >= 11 is 5.65. The van der Waals surface area contributed by atoms with Gasteiger partial charge in [0.25, 0.3) is 0 Å². The van der Waals surface area contributed by atoms with Crippen molar-refractivity contribution >= 4 is 11.6 Å². The molecule has 0 saturated carbocycles. The smallest absolute Gasteiger partial charge is 0.122 e. The third kappa shape index (κ3) is 6.30. The van der Waals surface area contributed by atoms with E-state index in [1.165, 1.54) is 31.2 Å². The van der Waals surface area contributed by atoms with Crippen molar-refractivity contribution < 1.29 is 4.74 Å². The normalized spacial score (nSPS) is 10.9. The molecule has 0 atom stereocenters. The van der Waals surface area contributed by atoms with Crippen molar-refractivity contribution in [2.75, 3.05) is 12.5 Å². The average Bonchev–Trinajstić information content (AvgIpc) is 2.36. The Bertz CT molecular complexity index is 323. The number of benzene rings is 1. The molecule has 2 heteroatoms. The van der Waals surface area contributed by atoms with Crippen molar-refractivity contribution in [3.63, 3.8) is 0 Å². The second-order valence-electron chi connectivity index (χ2n) is 5.14.